The summed E-state index contributed by atoms with van der Waals surface area (Å²) in [6.45, 7) is 6.28. The fraction of sp³-hybridized carbons (Fsp3) is 0.400. The van der Waals surface area contributed by atoms with Crippen LogP contribution in [0.25, 0.3) is 0 Å². The van der Waals surface area contributed by atoms with Gasteiger partial charge in [-0.1, -0.05) is 37.6 Å². The molecule has 0 saturated heterocycles. The van der Waals surface area contributed by atoms with Crippen molar-refractivity contribution in [3.05, 3.63) is 53.6 Å². The van der Waals surface area contributed by atoms with Gasteiger partial charge < -0.3 is 14.7 Å². The van der Waals surface area contributed by atoms with Gasteiger partial charge in [0.15, 0.2) is 0 Å². The molecule has 0 saturated carbocycles. The number of nitrogens with zero attached hydrogens (tertiary/aromatic N) is 1. The first-order chi connectivity index (χ1) is 11.2. The molecule has 0 aromatic heterocycles. The Kier molecular flexibility index (Phi) is 4.75. The van der Waals surface area contributed by atoms with Crippen LogP contribution in [0.3, 0.4) is 0 Å². The lowest BCUT2D eigenvalue weighted by atomic mass is 10.0. The number of aromatic hydroxyl groups is 1. The largest absolute Gasteiger partial charge is 0.508 e. The number of fused-ring (bicyclic) bond motifs is 1. The van der Waals surface area contributed by atoms with E-state index in [-0.39, 0.29) is 11.9 Å². The number of hydrogen-bond donors (Lipinski definition) is 1. The minimum absolute atomic E-state index is 0.113. The number of ether oxygens (including phenoxy) is 1. The summed E-state index contributed by atoms with van der Waals surface area (Å²) in [5, 5.41) is 9.77. The Morgan fingerprint density at radius 3 is 2.83 bits per heavy atom. The third kappa shape index (κ3) is 3.61. The highest BCUT2D eigenvalue weighted by Gasteiger charge is 2.26. The molecule has 1 unspecified atom stereocenters. The summed E-state index contributed by atoms with van der Waals surface area (Å²) in [6, 6.07) is 13.9. The van der Waals surface area contributed by atoms with Gasteiger partial charge in [-0.25, -0.2) is 0 Å². The van der Waals surface area contributed by atoms with Crippen molar-refractivity contribution in [3.8, 4) is 11.5 Å². The zero-order valence-electron chi connectivity index (χ0n) is 14.0. The summed E-state index contributed by atoms with van der Waals surface area (Å²) in [5.74, 6) is 1.06. The fourth-order valence-corrected chi connectivity index (χ4v) is 3.17. The third-order valence-corrected chi connectivity index (χ3v) is 4.49. The van der Waals surface area contributed by atoms with E-state index in [4.69, 9.17) is 4.74 Å². The van der Waals surface area contributed by atoms with Crippen molar-refractivity contribution in [2.75, 3.05) is 18.0 Å². The minimum Gasteiger partial charge on any atom is -0.508 e. The second-order valence-corrected chi connectivity index (χ2v) is 6.32. The van der Waals surface area contributed by atoms with Crippen molar-refractivity contribution in [2.45, 2.75) is 39.2 Å². The topological polar surface area (TPSA) is 32.7 Å². The van der Waals surface area contributed by atoms with E-state index in [1.807, 2.05) is 6.07 Å². The SMILES string of the molecule is CCCCN1CC(Cc2ccccc2C)Oc2cc(O)ccc21. The Labute approximate surface area is 138 Å². The van der Waals surface area contributed by atoms with Crippen LogP contribution in [0.2, 0.25) is 0 Å². The summed E-state index contributed by atoms with van der Waals surface area (Å²) in [6.07, 6.45) is 3.34. The summed E-state index contributed by atoms with van der Waals surface area (Å²) in [4.78, 5) is 2.39. The molecule has 23 heavy (non-hydrogen) atoms. The predicted molar refractivity (Wildman–Crippen MR) is 94.5 cm³/mol. The number of phenols is 1. The number of hydrogen-bond acceptors (Lipinski definition) is 3. The quantitative estimate of drug-likeness (QED) is 0.893. The van der Waals surface area contributed by atoms with Gasteiger partial charge in [0, 0.05) is 19.0 Å². The fourth-order valence-electron chi connectivity index (χ4n) is 3.17. The maximum Gasteiger partial charge on any atom is 0.146 e. The lowest BCUT2D eigenvalue weighted by Crippen LogP contribution is -2.41. The van der Waals surface area contributed by atoms with Crippen LogP contribution in [0.15, 0.2) is 42.5 Å². The molecule has 3 heteroatoms. The number of benzene rings is 2. The van der Waals surface area contributed by atoms with E-state index in [1.165, 1.54) is 17.5 Å². The first kappa shape index (κ1) is 15.7. The van der Waals surface area contributed by atoms with Crippen molar-refractivity contribution in [1.29, 1.82) is 0 Å². The van der Waals surface area contributed by atoms with E-state index in [0.29, 0.717) is 0 Å². The highest BCUT2D eigenvalue weighted by atomic mass is 16.5. The van der Waals surface area contributed by atoms with E-state index in [1.54, 1.807) is 12.1 Å². The van der Waals surface area contributed by atoms with Gasteiger partial charge in [0.2, 0.25) is 0 Å². The Morgan fingerprint density at radius 1 is 1.22 bits per heavy atom. The highest BCUT2D eigenvalue weighted by molar-refractivity contribution is 5.62. The number of anilines is 1. The Bertz CT molecular complexity index is 668. The lowest BCUT2D eigenvalue weighted by Gasteiger charge is -2.36. The molecule has 0 fully saturated rings. The van der Waals surface area contributed by atoms with Crippen LogP contribution < -0.4 is 9.64 Å². The van der Waals surface area contributed by atoms with Gasteiger partial charge in [-0.15, -0.1) is 0 Å². The maximum atomic E-state index is 9.77. The molecule has 3 rings (SSSR count). The Morgan fingerprint density at radius 2 is 2.04 bits per heavy atom. The van der Waals surface area contributed by atoms with E-state index in [2.05, 4.69) is 43.0 Å². The van der Waals surface area contributed by atoms with Crippen molar-refractivity contribution in [1.82, 2.24) is 0 Å². The van der Waals surface area contributed by atoms with Crippen molar-refractivity contribution < 1.29 is 9.84 Å². The zero-order chi connectivity index (χ0) is 16.2. The smallest absolute Gasteiger partial charge is 0.146 e. The predicted octanol–water partition coefficient (Wildman–Crippen LogP) is 4.31. The van der Waals surface area contributed by atoms with E-state index >= 15 is 0 Å². The molecule has 1 atom stereocenters. The Balaban J connectivity index is 1.82. The molecule has 0 spiro atoms. The van der Waals surface area contributed by atoms with E-state index in [0.717, 1.165) is 37.4 Å². The second-order valence-electron chi connectivity index (χ2n) is 6.32. The van der Waals surface area contributed by atoms with Gasteiger partial charge in [-0.3, -0.25) is 0 Å². The molecule has 122 valence electrons. The van der Waals surface area contributed by atoms with Gasteiger partial charge in [0.05, 0.1) is 12.2 Å². The standard InChI is InChI=1S/C20H25NO2/c1-3-4-11-21-14-18(12-16-8-6-5-7-15(16)2)23-20-13-17(22)9-10-19(20)21/h5-10,13,18,22H,3-4,11-12,14H2,1-2H3. The van der Waals surface area contributed by atoms with E-state index in [9.17, 15) is 5.11 Å². The van der Waals surface area contributed by atoms with Crippen LogP contribution in [0.1, 0.15) is 30.9 Å². The number of phenolic OH excluding ortho intramolecular Hbond substituents is 1. The van der Waals surface area contributed by atoms with Gasteiger partial charge >= 0.3 is 0 Å². The van der Waals surface area contributed by atoms with Crippen molar-refractivity contribution >= 4 is 5.69 Å². The van der Waals surface area contributed by atoms with Crippen molar-refractivity contribution in [3.63, 3.8) is 0 Å². The average molecular weight is 311 g/mol. The molecule has 0 radical (unpaired) electrons. The van der Waals surface area contributed by atoms with Gasteiger partial charge in [-0.2, -0.15) is 0 Å². The van der Waals surface area contributed by atoms with Gasteiger partial charge in [-0.05, 0) is 36.6 Å². The molecule has 0 bridgehead atoms. The van der Waals surface area contributed by atoms with Crippen LogP contribution in [0, 0.1) is 6.92 Å². The van der Waals surface area contributed by atoms with Crippen LogP contribution >= 0.6 is 0 Å². The van der Waals surface area contributed by atoms with E-state index < -0.39 is 0 Å². The third-order valence-electron chi connectivity index (χ3n) is 4.49. The van der Waals surface area contributed by atoms with Crippen LogP contribution in [0.5, 0.6) is 11.5 Å². The maximum absolute atomic E-state index is 9.77. The second kappa shape index (κ2) is 6.95. The monoisotopic (exact) mass is 311 g/mol. The highest BCUT2D eigenvalue weighted by Crippen LogP contribution is 2.37. The summed E-state index contributed by atoms with van der Waals surface area (Å²) in [5.41, 5.74) is 3.73. The average Bonchev–Trinajstić information content (AvgIpc) is 2.54. The van der Waals surface area contributed by atoms with Crippen LogP contribution in [-0.4, -0.2) is 24.3 Å². The minimum atomic E-state index is 0.113. The van der Waals surface area contributed by atoms with Crippen LogP contribution in [0.4, 0.5) is 5.69 Å². The molecule has 0 aliphatic carbocycles. The molecule has 2 aromatic rings. The first-order valence-corrected chi connectivity index (χ1v) is 8.46. The Hall–Kier alpha value is -2.16. The summed E-state index contributed by atoms with van der Waals surface area (Å²) >= 11 is 0. The molecule has 0 amide bonds. The number of unbranched alkanes of at least 4 members (excludes halogenated alkanes) is 1. The molecule has 2 aromatic carbocycles. The number of rotatable bonds is 5. The van der Waals surface area contributed by atoms with Crippen molar-refractivity contribution in [2.24, 2.45) is 0 Å². The lowest BCUT2D eigenvalue weighted by molar-refractivity contribution is 0.192. The molecule has 1 heterocycles. The summed E-state index contributed by atoms with van der Waals surface area (Å²) < 4.78 is 6.18. The zero-order valence-corrected chi connectivity index (χ0v) is 14.0. The normalized spacial score (nSPS) is 16.8. The molecular weight excluding hydrogens is 286 g/mol. The molecule has 1 aliphatic heterocycles. The van der Waals surface area contributed by atoms with Gasteiger partial charge in [0.25, 0.3) is 0 Å². The molecule has 3 nitrogen and oxygen atoms in total. The summed E-state index contributed by atoms with van der Waals surface area (Å²) in [7, 11) is 0. The van der Waals surface area contributed by atoms with Crippen LogP contribution in [-0.2, 0) is 6.42 Å². The number of aryl methyl sites for hydroxylation is 1. The molecular formula is C20H25NO2. The molecule has 1 N–H and O–H groups in total. The first-order valence-electron chi connectivity index (χ1n) is 8.46. The molecule has 1 aliphatic rings. The van der Waals surface area contributed by atoms with Gasteiger partial charge in [0.1, 0.15) is 17.6 Å².